The van der Waals surface area contributed by atoms with Crippen molar-refractivity contribution < 1.29 is 4.79 Å². The molecular weight excluding hydrogens is 270 g/mol. The Balaban J connectivity index is 1.92. The summed E-state index contributed by atoms with van der Waals surface area (Å²) in [5.41, 5.74) is 7.20. The van der Waals surface area contributed by atoms with E-state index >= 15 is 0 Å². The smallest absolute Gasteiger partial charge is 0.240 e. The van der Waals surface area contributed by atoms with E-state index < -0.39 is 0 Å². The number of nitrogens with two attached hydrogens (primary N) is 1. The molecule has 1 aromatic heterocycles. The molecule has 5 heteroatoms. The summed E-state index contributed by atoms with van der Waals surface area (Å²) >= 11 is 1.70. The molecule has 0 fully saturated rings. The number of nitrogen functional groups attached to an aromatic ring is 1. The maximum atomic E-state index is 12.2. The fourth-order valence-corrected chi connectivity index (χ4v) is 2.69. The number of hydrogen-bond donors (Lipinski definition) is 1. The molecule has 0 bridgehead atoms. The van der Waals surface area contributed by atoms with E-state index in [0.717, 1.165) is 12.2 Å². The Morgan fingerprint density at radius 1 is 1.20 bits per heavy atom. The molecule has 0 saturated heterocycles. The maximum Gasteiger partial charge on any atom is 0.240 e. The van der Waals surface area contributed by atoms with Crippen LogP contribution in [0.3, 0.4) is 0 Å². The number of anilines is 2. The van der Waals surface area contributed by atoms with Gasteiger partial charge in [-0.25, -0.2) is 0 Å². The van der Waals surface area contributed by atoms with Gasteiger partial charge in [-0.2, -0.15) is 0 Å². The molecule has 1 heterocycles. The van der Waals surface area contributed by atoms with Crippen LogP contribution in [0.2, 0.25) is 0 Å². The van der Waals surface area contributed by atoms with Gasteiger partial charge < -0.3 is 10.6 Å². The Labute approximate surface area is 123 Å². The lowest BCUT2D eigenvalue weighted by atomic mass is 10.2. The van der Waals surface area contributed by atoms with E-state index in [9.17, 15) is 4.79 Å². The lowest BCUT2D eigenvalue weighted by Gasteiger charge is -2.21. The molecule has 2 aromatic rings. The summed E-state index contributed by atoms with van der Waals surface area (Å²) in [6.45, 7) is 1.18. The van der Waals surface area contributed by atoms with E-state index in [1.807, 2.05) is 35.5 Å². The van der Waals surface area contributed by atoms with Crippen LogP contribution in [0.1, 0.15) is 4.88 Å². The molecule has 0 unspecified atom stereocenters. The van der Waals surface area contributed by atoms with Crippen LogP contribution < -0.4 is 10.6 Å². The SMILES string of the molecule is CN(CC(=O)N(C)c1ccc(N)cc1)Cc1cccs1. The van der Waals surface area contributed by atoms with Crippen LogP contribution in [-0.2, 0) is 11.3 Å². The van der Waals surface area contributed by atoms with Crippen molar-refractivity contribution in [1.82, 2.24) is 4.90 Å². The van der Waals surface area contributed by atoms with Crippen LogP contribution in [0.15, 0.2) is 41.8 Å². The van der Waals surface area contributed by atoms with Crippen LogP contribution >= 0.6 is 11.3 Å². The number of thiophene rings is 1. The Kier molecular flexibility index (Phi) is 4.76. The van der Waals surface area contributed by atoms with Crippen molar-refractivity contribution in [2.24, 2.45) is 0 Å². The third kappa shape index (κ3) is 3.82. The van der Waals surface area contributed by atoms with Crippen molar-refractivity contribution in [2.75, 3.05) is 31.3 Å². The van der Waals surface area contributed by atoms with E-state index in [4.69, 9.17) is 5.73 Å². The van der Waals surface area contributed by atoms with Crippen molar-refractivity contribution in [1.29, 1.82) is 0 Å². The minimum absolute atomic E-state index is 0.0637. The molecule has 0 aliphatic carbocycles. The highest BCUT2D eigenvalue weighted by Crippen LogP contribution is 2.16. The van der Waals surface area contributed by atoms with Gasteiger partial charge in [0, 0.05) is 29.8 Å². The number of nitrogens with zero attached hydrogens (tertiary/aromatic N) is 2. The quantitative estimate of drug-likeness (QED) is 0.860. The second-order valence-electron chi connectivity index (χ2n) is 4.80. The third-order valence-corrected chi connectivity index (χ3v) is 3.93. The Bertz CT molecular complexity index is 551. The maximum absolute atomic E-state index is 12.2. The zero-order chi connectivity index (χ0) is 14.5. The highest BCUT2D eigenvalue weighted by molar-refractivity contribution is 7.09. The molecule has 0 atom stereocenters. The largest absolute Gasteiger partial charge is 0.399 e. The van der Waals surface area contributed by atoms with Gasteiger partial charge in [0.1, 0.15) is 0 Å². The second-order valence-corrected chi connectivity index (χ2v) is 5.83. The first-order chi connectivity index (χ1) is 9.56. The molecule has 20 heavy (non-hydrogen) atoms. The third-order valence-electron chi connectivity index (χ3n) is 3.07. The molecule has 0 aliphatic rings. The van der Waals surface area contributed by atoms with Crippen LogP contribution in [0, 0.1) is 0 Å². The lowest BCUT2D eigenvalue weighted by molar-refractivity contribution is -0.119. The Morgan fingerprint density at radius 2 is 1.90 bits per heavy atom. The summed E-state index contributed by atoms with van der Waals surface area (Å²) in [5.74, 6) is 0.0637. The average Bonchev–Trinajstić information content (AvgIpc) is 2.91. The zero-order valence-electron chi connectivity index (χ0n) is 11.7. The number of rotatable bonds is 5. The molecule has 0 radical (unpaired) electrons. The molecule has 2 rings (SSSR count). The van der Waals surface area contributed by atoms with Gasteiger partial charge in [0.15, 0.2) is 0 Å². The van der Waals surface area contributed by atoms with Gasteiger partial charge in [-0.15, -0.1) is 11.3 Å². The van der Waals surface area contributed by atoms with Gasteiger partial charge in [0.2, 0.25) is 5.91 Å². The van der Waals surface area contributed by atoms with Crippen molar-refractivity contribution >= 4 is 28.6 Å². The number of likely N-dealkylation sites (N-methyl/N-ethyl adjacent to an activating group) is 2. The summed E-state index contributed by atoms with van der Waals surface area (Å²) in [6.07, 6.45) is 0. The average molecular weight is 289 g/mol. The predicted octanol–water partition coefficient (Wildman–Crippen LogP) is 2.43. The lowest BCUT2D eigenvalue weighted by Crippen LogP contribution is -2.36. The summed E-state index contributed by atoms with van der Waals surface area (Å²) in [5, 5.41) is 2.05. The molecule has 2 N–H and O–H groups in total. The van der Waals surface area contributed by atoms with Gasteiger partial charge in [0.25, 0.3) is 0 Å². The number of benzene rings is 1. The highest BCUT2D eigenvalue weighted by Gasteiger charge is 2.13. The molecule has 0 saturated carbocycles. The first kappa shape index (κ1) is 14.6. The van der Waals surface area contributed by atoms with Crippen molar-refractivity contribution in [3.05, 3.63) is 46.7 Å². The van der Waals surface area contributed by atoms with Crippen LogP contribution in [-0.4, -0.2) is 31.4 Å². The van der Waals surface area contributed by atoms with E-state index in [1.54, 1.807) is 35.4 Å². The second kappa shape index (κ2) is 6.54. The molecule has 4 nitrogen and oxygen atoms in total. The number of hydrogen-bond acceptors (Lipinski definition) is 4. The topological polar surface area (TPSA) is 49.6 Å². The summed E-state index contributed by atoms with van der Waals surface area (Å²) in [7, 11) is 3.74. The van der Waals surface area contributed by atoms with Gasteiger partial charge >= 0.3 is 0 Å². The molecule has 1 aromatic carbocycles. The normalized spacial score (nSPS) is 10.8. The Morgan fingerprint density at radius 3 is 2.50 bits per heavy atom. The first-order valence-corrected chi connectivity index (χ1v) is 7.27. The Hall–Kier alpha value is -1.85. The standard InChI is InChI=1S/C15H19N3OS/c1-17(10-14-4-3-9-20-14)11-15(19)18(2)13-7-5-12(16)6-8-13/h3-9H,10-11,16H2,1-2H3. The van der Waals surface area contributed by atoms with Crippen LogP contribution in [0.25, 0.3) is 0 Å². The fraction of sp³-hybridized carbons (Fsp3) is 0.267. The highest BCUT2D eigenvalue weighted by atomic mass is 32.1. The van der Waals surface area contributed by atoms with Crippen molar-refractivity contribution in [3.63, 3.8) is 0 Å². The van der Waals surface area contributed by atoms with E-state index in [-0.39, 0.29) is 5.91 Å². The van der Waals surface area contributed by atoms with Gasteiger partial charge in [-0.05, 0) is 42.8 Å². The molecule has 106 valence electrons. The summed E-state index contributed by atoms with van der Waals surface area (Å²) < 4.78 is 0. The molecular formula is C15H19N3OS. The summed E-state index contributed by atoms with van der Waals surface area (Å²) in [6, 6.07) is 11.4. The molecule has 0 spiro atoms. The first-order valence-electron chi connectivity index (χ1n) is 6.39. The van der Waals surface area contributed by atoms with Crippen molar-refractivity contribution in [2.45, 2.75) is 6.54 Å². The molecule has 1 amide bonds. The van der Waals surface area contributed by atoms with Crippen LogP contribution in [0.4, 0.5) is 11.4 Å². The van der Waals surface area contributed by atoms with E-state index in [0.29, 0.717) is 12.2 Å². The van der Waals surface area contributed by atoms with Gasteiger partial charge in [-0.3, -0.25) is 9.69 Å². The van der Waals surface area contributed by atoms with E-state index in [1.165, 1.54) is 4.88 Å². The number of carbonyl (C=O) groups excluding carboxylic acids is 1. The zero-order valence-corrected chi connectivity index (χ0v) is 12.6. The van der Waals surface area contributed by atoms with Gasteiger partial charge in [-0.1, -0.05) is 6.07 Å². The van der Waals surface area contributed by atoms with Crippen LogP contribution in [0.5, 0.6) is 0 Å². The minimum Gasteiger partial charge on any atom is -0.399 e. The monoisotopic (exact) mass is 289 g/mol. The van der Waals surface area contributed by atoms with E-state index in [2.05, 4.69) is 6.07 Å². The molecule has 0 aliphatic heterocycles. The fourth-order valence-electron chi connectivity index (χ4n) is 1.90. The van der Waals surface area contributed by atoms with Gasteiger partial charge in [0.05, 0.1) is 6.54 Å². The summed E-state index contributed by atoms with van der Waals surface area (Å²) in [4.78, 5) is 17.2. The number of carbonyl (C=O) groups is 1. The predicted molar refractivity (Wildman–Crippen MR) is 84.9 cm³/mol. The number of amides is 1. The minimum atomic E-state index is 0.0637. The van der Waals surface area contributed by atoms with Crippen molar-refractivity contribution in [3.8, 4) is 0 Å².